The second-order valence-electron chi connectivity index (χ2n) is 1.41. The first-order valence-corrected chi connectivity index (χ1v) is 2.02. The predicted molar refractivity (Wildman–Crippen MR) is 27.5 cm³/mol. The van der Waals surface area contributed by atoms with Crippen LogP contribution < -0.4 is 11.1 Å². The highest BCUT2D eigenvalue weighted by Crippen LogP contribution is 1.70. The maximum Gasteiger partial charge on any atom is 0.312 e. The number of carbonyl (C=O) groups excluding carboxylic acids is 1. The van der Waals surface area contributed by atoms with Crippen molar-refractivity contribution in [1.29, 1.82) is 0 Å². The van der Waals surface area contributed by atoms with Crippen molar-refractivity contribution in [3.8, 4) is 0 Å². The number of amides is 2. The minimum absolute atomic E-state index is 0.0995. The number of rotatable bonds is 1. The van der Waals surface area contributed by atoms with E-state index in [4.69, 9.17) is 5.73 Å². The van der Waals surface area contributed by atoms with Crippen LogP contribution in [0, 0.1) is 6.92 Å². The molecule has 3 nitrogen and oxygen atoms in total. The maximum absolute atomic E-state index is 9.88. The number of nitrogens with two attached hydrogens (primary N) is 1. The van der Waals surface area contributed by atoms with Crippen molar-refractivity contribution in [2.45, 2.75) is 13.0 Å². The molecular weight excluding hydrogens is 92.1 g/mol. The highest BCUT2D eigenvalue weighted by atomic mass is 16.2. The lowest BCUT2D eigenvalue weighted by Gasteiger charge is -2.01. The molecule has 0 saturated carbocycles. The van der Waals surface area contributed by atoms with E-state index in [0.29, 0.717) is 0 Å². The first-order valence-electron chi connectivity index (χ1n) is 2.02. The molecule has 2 amide bonds. The van der Waals surface area contributed by atoms with E-state index in [0.717, 1.165) is 0 Å². The van der Waals surface area contributed by atoms with Crippen molar-refractivity contribution >= 4 is 6.03 Å². The zero-order valence-corrected chi connectivity index (χ0v) is 4.27. The minimum atomic E-state index is -0.525. The Morgan fingerprint density at radius 2 is 2.43 bits per heavy atom. The zero-order chi connectivity index (χ0) is 5.86. The Labute approximate surface area is 42.9 Å². The van der Waals surface area contributed by atoms with Crippen molar-refractivity contribution in [2.75, 3.05) is 0 Å². The summed E-state index contributed by atoms with van der Waals surface area (Å²) in [5.74, 6) is 0. The molecule has 1 atom stereocenters. The molecule has 3 N–H and O–H groups in total. The van der Waals surface area contributed by atoms with E-state index in [2.05, 4.69) is 12.2 Å². The van der Waals surface area contributed by atoms with Crippen molar-refractivity contribution < 1.29 is 4.79 Å². The fourth-order valence-electron chi connectivity index (χ4n) is 0.243. The summed E-state index contributed by atoms with van der Waals surface area (Å²) in [5.41, 5.74) is 4.70. The number of carbonyl (C=O) groups is 1. The molecule has 0 aliphatic heterocycles. The lowest BCUT2D eigenvalue weighted by molar-refractivity contribution is 0.247. The van der Waals surface area contributed by atoms with Gasteiger partial charge in [-0.3, -0.25) is 0 Å². The lowest BCUT2D eigenvalue weighted by atomic mass is 10.4. The highest BCUT2D eigenvalue weighted by molar-refractivity contribution is 5.71. The van der Waals surface area contributed by atoms with Gasteiger partial charge in [0.2, 0.25) is 0 Å². The van der Waals surface area contributed by atoms with Crippen LogP contribution in [0.15, 0.2) is 0 Å². The van der Waals surface area contributed by atoms with Crippen molar-refractivity contribution in [3.05, 3.63) is 6.92 Å². The van der Waals surface area contributed by atoms with E-state index in [9.17, 15) is 4.79 Å². The maximum atomic E-state index is 9.88. The van der Waals surface area contributed by atoms with Gasteiger partial charge in [-0.05, 0) is 13.8 Å². The fraction of sp³-hybridized carbons (Fsp3) is 0.500. The summed E-state index contributed by atoms with van der Waals surface area (Å²) in [6.07, 6.45) is 0. The molecule has 0 rings (SSSR count). The van der Waals surface area contributed by atoms with E-state index >= 15 is 0 Å². The Kier molecular flexibility index (Phi) is 2.19. The summed E-state index contributed by atoms with van der Waals surface area (Å²) < 4.78 is 0. The molecule has 0 aromatic rings. The standard InChI is InChI=1S/C4H9N2O/c1-3(2)6-4(5)7/h3H,1H2,2H3,(H3,5,6,7). The molecule has 41 valence electrons. The molecule has 0 fully saturated rings. The molecule has 0 spiro atoms. The number of nitrogens with one attached hydrogen (secondary N) is 1. The van der Waals surface area contributed by atoms with Crippen LogP contribution in [0.2, 0.25) is 0 Å². The third-order valence-corrected chi connectivity index (χ3v) is 0.389. The van der Waals surface area contributed by atoms with Crippen molar-refractivity contribution in [1.82, 2.24) is 5.32 Å². The molecular formula is C4H9N2O. The SMILES string of the molecule is [CH2]C(C)NC(N)=O. The minimum Gasteiger partial charge on any atom is -0.352 e. The van der Waals surface area contributed by atoms with Crippen LogP contribution in [0.5, 0.6) is 0 Å². The van der Waals surface area contributed by atoms with Crippen LogP contribution in [-0.2, 0) is 0 Å². The Bertz CT molecular complexity index is 70.1. The number of urea groups is 1. The van der Waals surface area contributed by atoms with Crippen LogP contribution in [0.3, 0.4) is 0 Å². The first-order chi connectivity index (χ1) is 3.13. The van der Waals surface area contributed by atoms with Crippen LogP contribution in [0.4, 0.5) is 4.79 Å². The number of hydrogen-bond acceptors (Lipinski definition) is 1. The molecule has 1 radical (unpaired) electrons. The number of hydrogen-bond donors (Lipinski definition) is 2. The van der Waals surface area contributed by atoms with Gasteiger partial charge in [0.1, 0.15) is 0 Å². The van der Waals surface area contributed by atoms with Crippen molar-refractivity contribution in [3.63, 3.8) is 0 Å². The van der Waals surface area contributed by atoms with Gasteiger partial charge in [-0.15, -0.1) is 0 Å². The van der Waals surface area contributed by atoms with Gasteiger partial charge in [-0.25, -0.2) is 4.79 Å². The van der Waals surface area contributed by atoms with E-state index in [1.807, 2.05) is 0 Å². The van der Waals surface area contributed by atoms with Gasteiger partial charge in [0, 0.05) is 6.04 Å². The van der Waals surface area contributed by atoms with Gasteiger partial charge in [-0.1, -0.05) is 0 Å². The molecule has 0 aromatic carbocycles. The lowest BCUT2D eigenvalue weighted by Crippen LogP contribution is -2.34. The third-order valence-electron chi connectivity index (χ3n) is 0.389. The van der Waals surface area contributed by atoms with E-state index < -0.39 is 6.03 Å². The smallest absolute Gasteiger partial charge is 0.312 e. The Balaban J connectivity index is 3.13. The van der Waals surface area contributed by atoms with Gasteiger partial charge < -0.3 is 11.1 Å². The molecule has 0 bridgehead atoms. The molecule has 0 aromatic heterocycles. The van der Waals surface area contributed by atoms with E-state index in [-0.39, 0.29) is 6.04 Å². The second-order valence-corrected chi connectivity index (χ2v) is 1.41. The van der Waals surface area contributed by atoms with Gasteiger partial charge >= 0.3 is 6.03 Å². The summed E-state index contributed by atoms with van der Waals surface area (Å²) >= 11 is 0. The van der Waals surface area contributed by atoms with Crippen molar-refractivity contribution in [2.24, 2.45) is 5.73 Å². The van der Waals surface area contributed by atoms with Gasteiger partial charge in [-0.2, -0.15) is 0 Å². The van der Waals surface area contributed by atoms with E-state index in [1.54, 1.807) is 6.92 Å². The molecule has 1 unspecified atom stereocenters. The molecule has 0 aliphatic carbocycles. The average molecular weight is 101 g/mol. The summed E-state index contributed by atoms with van der Waals surface area (Å²) in [6, 6.07) is -0.625. The predicted octanol–water partition coefficient (Wildman–Crippen LogP) is -0.123. The average Bonchev–Trinajstić information content (AvgIpc) is 1.27. The summed E-state index contributed by atoms with van der Waals surface area (Å²) in [6.45, 7) is 5.21. The zero-order valence-electron chi connectivity index (χ0n) is 4.27. The van der Waals surface area contributed by atoms with Crippen LogP contribution in [0.1, 0.15) is 6.92 Å². The molecule has 7 heavy (non-hydrogen) atoms. The largest absolute Gasteiger partial charge is 0.352 e. The van der Waals surface area contributed by atoms with Gasteiger partial charge in [0.05, 0.1) is 0 Å². The highest BCUT2D eigenvalue weighted by Gasteiger charge is 1.91. The van der Waals surface area contributed by atoms with Crippen LogP contribution in [-0.4, -0.2) is 12.1 Å². The Hall–Kier alpha value is -0.730. The Morgan fingerprint density at radius 1 is 2.00 bits per heavy atom. The third kappa shape index (κ3) is 5.27. The van der Waals surface area contributed by atoms with E-state index in [1.165, 1.54) is 0 Å². The molecule has 3 heteroatoms. The summed E-state index contributed by atoms with van der Waals surface area (Å²) in [4.78, 5) is 9.88. The molecule has 0 aliphatic rings. The van der Waals surface area contributed by atoms with Crippen LogP contribution in [0.25, 0.3) is 0 Å². The number of primary amides is 1. The quantitative estimate of drug-likeness (QED) is 0.475. The Morgan fingerprint density at radius 3 is 2.43 bits per heavy atom. The van der Waals surface area contributed by atoms with Gasteiger partial charge in [0.15, 0.2) is 0 Å². The van der Waals surface area contributed by atoms with Gasteiger partial charge in [0.25, 0.3) is 0 Å². The fourth-order valence-corrected chi connectivity index (χ4v) is 0.243. The summed E-state index contributed by atoms with van der Waals surface area (Å²) in [5, 5.41) is 2.33. The monoisotopic (exact) mass is 101 g/mol. The topological polar surface area (TPSA) is 55.1 Å². The second kappa shape index (κ2) is 2.44. The van der Waals surface area contributed by atoms with Crippen LogP contribution >= 0.6 is 0 Å². The molecule has 0 saturated heterocycles. The normalized spacial score (nSPS) is 9.00. The summed E-state index contributed by atoms with van der Waals surface area (Å²) in [7, 11) is 0. The molecule has 0 heterocycles. The first kappa shape index (κ1) is 6.27.